The number of hydrogen-bond acceptors (Lipinski definition) is 4. The molecule has 1 saturated heterocycles. The molecular weight excluding hydrogens is 441 g/mol. The molecule has 1 aliphatic rings. The molecule has 1 rings (SSSR count). The molecule has 1 aliphatic heterocycles. The van der Waals surface area contributed by atoms with Gasteiger partial charge < -0.3 is 25.5 Å². The van der Waals surface area contributed by atoms with E-state index in [9.17, 15) is 5.11 Å². The van der Waals surface area contributed by atoms with Crippen molar-refractivity contribution in [3.63, 3.8) is 0 Å². The second-order valence-corrected chi connectivity index (χ2v) is 7.48. The molecule has 0 aromatic heterocycles. The number of likely N-dealkylation sites (N-methyl/N-ethyl adjacent to an activating group) is 1. The van der Waals surface area contributed by atoms with Gasteiger partial charge in [-0.25, -0.2) is 0 Å². The minimum absolute atomic E-state index is 0. The van der Waals surface area contributed by atoms with E-state index in [4.69, 9.17) is 4.99 Å². The largest absolute Gasteiger partial charge is 0.396 e. The van der Waals surface area contributed by atoms with Crippen molar-refractivity contribution in [1.82, 2.24) is 20.4 Å². The van der Waals surface area contributed by atoms with Crippen molar-refractivity contribution in [2.45, 2.75) is 40.0 Å². The zero-order chi connectivity index (χ0) is 18.5. The minimum atomic E-state index is 0. The Morgan fingerprint density at radius 1 is 1.12 bits per heavy atom. The number of piperazine rings is 1. The second kappa shape index (κ2) is 15.9. The number of guanidine groups is 1. The van der Waals surface area contributed by atoms with Crippen molar-refractivity contribution in [2.75, 3.05) is 66.0 Å². The van der Waals surface area contributed by atoms with Crippen molar-refractivity contribution in [2.24, 2.45) is 16.8 Å². The summed E-state index contributed by atoms with van der Waals surface area (Å²) in [4.78, 5) is 9.73. The lowest BCUT2D eigenvalue weighted by Gasteiger charge is -2.33. The van der Waals surface area contributed by atoms with E-state index < -0.39 is 0 Å². The molecule has 0 aromatic carbocycles. The van der Waals surface area contributed by atoms with Gasteiger partial charge in [0.15, 0.2) is 5.96 Å². The van der Waals surface area contributed by atoms with E-state index in [2.05, 4.69) is 48.3 Å². The van der Waals surface area contributed by atoms with Crippen LogP contribution in [0.25, 0.3) is 0 Å². The van der Waals surface area contributed by atoms with Crippen LogP contribution in [-0.4, -0.2) is 86.9 Å². The van der Waals surface area contributed by atoms with Crippen LogP contribution in [0.5, 0.6) is 0 Å². The van der Waals surface area contributed by atoms with E-state index in [0.29, 0.717) is 11.8 Å². The van der Waals surface area contributed by atoms with Gasteiger partial charge in [0.1, 0.15) is 0 Å². The molecule has 0 bridgehead atoms. The number of hydrogen-bond donors (Lipinski definition) is 3. The molecule has 1 heterocycles. The first-order valence-corrected chi connectivity index (χ1v) is 10.1. The topological polar surface area (TPSA) is 63.1 Å². The number of rotatable bonds is 11. The van der Waals surface area contributed by atoms with Gasteiger partial charge in [-0.1, -0.05) is 20.3 Å². The van der Waals surface area contributed by atoms with E-state index in [1.807, 2.05) is 0 Å². The molecule has 0 saturated carbocycles. The van der Waals surface area contributed by atoms with E-state index in [0.717, 1.165) is 51.4 Å². The first-order chi connectivity index (χ1) is 12.1. The van der Waals surface area contributed by atoms with E-state index in [-0.39, 0.29) is 30.6 Å². The number of nitrogens with zero attached hydrogens (tertiary/aromatic N) is 3. The predicted molar refractivity (Wildman–Crippen MR) is 123 cm³/mol. The standard InChI is InChI=1S/C19H41N5O.HI/c1-5-7-18(8-13-25)15-22-19(20-6-2)21-14-17(3)16-24-11-9-23(4)10-12-24;/h17-18,25H,5-16H2,1-4H3,(H2,20,21,22);1H. The van der Waals surface area contributed by atoms with Gasteiger partial charge in [-0.15, -0.1) is 24.0 Å². The third kappa shape index (κ3) is 11.6. The SMILES string of the molecule is CCCC(CCO)CNC(=NCC(C)CN1CCN(C)CC1)NCC.I. The van der Waals surface area contributed by atoms with Gasteiger partial charge in [-0.3, -0.25) is 4.99 Å². The summed E-state index contributed by atoms with van der Waals surface area (Å²) in [5.41, 5.74) is 0. The van der Waals surface area contributed by atoms with Gasteiger partial charge in [-0.05, 0) is 38.6 Å². The molecular formula is C19H42IN5O. The molecule has 1 fully saturated rings. The van der Waals surface area contributed by atoms with Gasteiger partial charge in [0.25, 0.3) is 0 Å². The zero-order valence-electron chi connectivity index (χ0n) is 17.3. The van der Waals surface area contributed by atoms with Crippen molar-refractivity contribution in [3.8, 4) is 0 Å². The molecule has 2 unspecified atom stereocenters. The third-order valence-corrected chi connectivity index (χ3v) is 4.86. The molecule has 2 atom stereocenters. The number of halogens is 1. The average Bonchev–Trinajstić information content (AvgIpc) is 2.59. The summed E-state index contributed by atoms with van der Waals surface area (Å²) in [6, 6.07) is 0. The highest BCUT2D eigenvalue weighted by Gasteiger charge is 2.16. The Hall–Kier alpha value is -0.120. The Morgan fingerprint density at radius 3 is 2.38 bits per heavy atom. The monoisotopic (exact) mass is 483 g/mol. The quantitative estimate of drug-likeness (QED) is 0.238. The van der Waals surface area contributed by atoms with Crippen molar-refractivity contribution >= 4 is 29.9 Å². The van der Waals surface area contributed by atoms with E-state index in [1.54, 1.807) is 0 Å². The molecule has 156 valence electrons. The molecule has 0 amide bonds. The molecule has 3 N–H and O–H groups in total. The molecule has 0 aliphatic carbocycles. The zero-order valence-corrected chi connectivity index (χ0v) is 19.7. The van der Waals surface area contributed by atoms with Crippen LogP contribution in [-0.2, 0) is 0 Å². The summed E-state index contributed by atoms with van der Waals surface area (Å²) in [7, 11) is 2.20. The number of aliphatic hydroxyl groups is 1. The lowest BCUT2D eigenvalue weighted by Crippen LogP contribution is -2.46. The maximum Gasteiger partial charge on any atom is 0.191 e. The number of aliphatic hydroxyl groups excluding tert-OH is 1. The number of nitrogens with one attached hydrogen (secondary N) is 2. The molecule has 0 aromatic rings. The first kappa shape index (κ1) is 25.9. The van der Waals surface area contributed by atoms with E-state index >= 15 is 0 Å². The van der Waals surface area contributed by atoms with Gasteiger partial charge in [0.2, 0.25) is 0 Å². The summed E-state index contributed by atoms with van der Waals surface area (Å²) in [5.74, 6) is 1.98. The van der Waals surface area contributed by atoms with Gasteiger partial charge >= 0.3 is 0 Å². The summed E-state index contributed by atoms with van der Waals surface area (Å²) in [5, 5.41) is 16.0. The van der Waals surface area contributed by atoms with Crippen LogP contribution in [0.15, 0.2) is 4.99 Å². The van der Waals surface area contributed by atoms with Crippen LogP contribution in [0.4, 0.5) is 0 Å². The smallest absolute Gasteiger partial charge is 0.191 e. The second-order valence-electron chi connectivity index (χ2n) is 7.48. The fraction of sp³-hybridized carbons (Fsp3) is 0.947. The highest BCUT2D eigenvalue weighted by Crippen LogP contribution is 2.09. The minimum Gasteiger partial charge on any atom is -0.396 e. The highest BCUT2D eigenvalue weighted by atomic mass is 127. The molecule has 0 spiro atoms. The van der Waals surface area contributed by atoms with Crippen LogP contribution in [0, 0.1) is 11.8 Å². The lowest BCUT2D eigenvalue weighted by molar-refractivity contribution is 0.140. The first-order valence-electron chi connectivity index (χ1n) is 10.1. The Balaban J connectivity index is 0.00000625. The predicted octanol–water partition coefficient (Wildman–Crippen LogP) is 1.84. The van der Waals surface area contributed by atoms with E-state index in [1.165, 1.54) is 26.2 Å². The third-order valence-electron chi connectivity index (χ3n) is 4.86. The molecule has 0 radical (unpaired) electrons. The van der Waals surface area contributed by atoms with Gasteiger partial charge in [-0.2, -0.15) is 0 Å². The Morgan fingerprint density at radius 2 is 1.81 bits per heavy atom. The highest BCUT2D eigenvalue weighted by molar-refractivity contribution is 14.0. The van der Waals surface area contributed by atoms with Gasteiger partial charge in [0.05, 0.1) is 0 Å². The molecule has 6 nitrogen and oxygen atoms in total. The summed E-state index contributed by atoms with van der Waals surface area (Å²) in [6.07, 6.45) is 3.16. The van der Waals surface area contributed by atoms with Crippen LogP contribution in [0.1, 0.15) is 40.0 Å². The average molecular weight is 483 g/mol. The Kier molecular flexibility index (Phi) is 15.8. The fourth-order valence-corrected chi connectivity index (χ4v) is 3.30. The van der Waals surface area contributed by atoms with Crippen LogP contribution < -0.4 is 10.6 Å². The normalized spacial score (nSPS) is 18.9. The Bertz CT molecular complexity index is 356. The maximum atomic E-state index is 9.20. The molecule has 26 heavy (non-hydrogen) atoms. The summed E-state index contributed by atoms with van der Waals surface area (Å²) in [6.45, 7) is 15.3. The Labute approximate surface area is 178 Å². The van der Waals surface area contributed by atoms with Crippen molar-refractivity contribution < 1.29 is 5.11 Å². The van der Waals surface area contributed by atoms with Crippen LogP contribution in [0.2, 0.25) is 0 Å². The molecule has 7 heteroatoms. The lowest BCUT2D eigenvalue weighted by atomic mass is 10.0. The van der Waals surface area contributed by atoms with Crippen LogP contribution >= 0.6 is 24.0 Å². The van der Waals surface area contributed by atoms with Crippen LogP contribution in [0.3, 0.4) is 0 Å². The summed E-state index contributed by atoms with van der Waals surface area (Å²) >= 11 is 0. The van der Waals surface area contributed by atoms with Gasteiger partial charge in [0, 0.05) is 59.0 Å². The summed E-state index contributed by atoms with van der Waals surface area (Å²) < 4.78 is 0. The van der Waals surface area contributed by atoms with Crippen molar-refractivity contribution in [3.05, 3.63) is 0 Å². The van der Waals surface area contributed by atoms with Crippen molar-refractivity contribution in [1.29, 1.82) is 0 Å². The fourth-order valence-electron chi connectivity index (χ4n) is 3.30. The maximum absolute atomic E-state index is 9.20. The number of aliphatic imine (C=N–C) groups is 1.